The van der Waals surface area contributed by atoms with Crippen LogP contribution in [0.15, 0.2) is 22.7 Å². The zero-order chi connectivity index (χ0) is 15.3. The maximum absolute atomic E-state index is 12.2. The first-order chi connectivity index (χ1) is 9.35. The number of halogens is 1. The monoisotopic (exact) mass is 344 g/mol. The van der Waals surface area contributed by atoms with Gasteiger partial charge in [-0.3, -0.25) is 19.7 Å². The highest BCUT2D eigenvalue weighted by Gasteiger charge is 2.19. The Balaban J connectivity index is 3.00. The summed E-state index contributed by atoms with van der Waals surface area (Å²) in [6.07, 6.45) is -0.171. The van der Waals surface area contributed by atoms with E-state index in [1.54, 1.807) is 6.92 Å². The van der Waals surface area contributed by atoms with Crippen molar-refractivity contribution in [2.45, 2.75) is 13.3 Å². The molecule has 0 aromatic heterocycles. The zero-order valence-corrected chi connectivity index (χ0v) is 12.3. The van der Waals surface area contributed by atoms with Gasteiger partial charge >= 0.3 is 5.97 Å². The van der Waals surface area contributed by atoms with Crippen molar-refractivity contribution in [3.63, 3.8) is 0 Å². The molecule has 0 radical (unpaired) electrons. The van der Waals surface area contributed by atoms with E-state index < -0.39 is 16.8 Å². The Kier molecular flexibility index (Phi) is 5.63. The Morgan fingerprint density at radius 3 is 2.55 bits per heavy atom. The molecule has 8 heteroatoms. The molecule has 0 bridgehead atoms. The lowest BCUT2D eigenvalue weighted by Gasteiger charge is -2.20. The minimum Gasteiger partial charge on any atom is -0.481 e. The number of carbonyl (C=O) groups excluding carboxylic acids is 1. The summed E-state index contributed by atoms with van der Waals surface area (Å²) in [5.41, 5.74) is -0.0460. The van der Waals surface area contributed by atoms with Crippen molar-refractivity contribution in [2.75, 3.05) is 13.1 Å². The van der Waals surface area contributed by atoms with E-state index >= 15 is 0 Å². The molecule has 0 spiro atoms. The van der Waals surface area contributed by atoms with Crippen LogP contribution < -0.4 is 0 Å². The van der Waals surface area contributed by atoms with Crippen LogP contribution in [0.25, 0.3) is 0 Å². The van der Waals surface area contributed by atoms with Crippen molar-refractivity contribution in [3.8, 4) is 0 Å². The number of nitrogens with zero attached hydrogens (tertiary/aromatic N) is 2. The van der Waals surface area contributed by atoms with E-state index in [0.29, 0.717) is 11.0 Å². The molecule has 1 amide bonds. The van der Waals surface area contributed by atoms with Gasteiger partial charge in [-0.15, -0.1) is 0 Å². The molecular weight excluding hydrogens is 332 g/mol. The minimum absolute atomic E-state index is 0.0605. The average molecular weight is 345 g/mol. The van der Waals surface area contributed by atoms with Crippen molar-refractivity contribution >= 4 is 33.5 Å². The van der Waals surface area contributed by atoms with E-state index in [1.807, 2.05) is 0 Å². The molecule has 0 atom stereocenters. The highest BCUT2D eigenvalue weighted by atomic mass is 79.9. The third-order valence-electron chi connectivity index (χ3n) is 2.60. The first kappa shape index (κ1) is 16.1. The normalized spacial score (nSPS) is 10.1. The highest BCUT2D eigenvalue weighted by Crippen LogP contribution is 2.22. The second-order valence-electron chi connectivity index (χ2n) is 3.98. The summed E-state index contributed by atoms with van der Waals surface area (Å²) in [5.74, 6) is -1.44. The quantitative estimate of drug-likeness (QED) is 0.630. The maximum Gasteiger partial charge on any atom is 0.305 e. The van der Waals surface area contributed by atoms with Gasteiger partial charge in [-0.25, -0.2) is 0 Å². The number of nitro groups is 1. The van der Waals surface area contributed by atoms with Crippen LogP contribution in [-0.4, -0.2) is 39.9 Å². The van der Waals surface area contributed by atoms with E-state index in [-0.39, 0.29) is 24.2 Å². The van der Waals surface area contributed by atoms with Crippen molar-refractivity contribution in [3.05, 3.63) is 38.3 Å². The standard InChI is InChI=1S/C12H13BrN2O5/c1-2-14(4-3-11(16)17)12(18)8-5-9(13)7-10(6-8)15(19)20/h5-7H,2-4H2,1H3,(H,16,17). The fraction of sp³-hybridized carbons (Fsp3) is 0.333. The first-order valence-electron chi connectivity index (χ1n) is 5.81. The molecular formula is C12H13BrN2O5. The number of rotatable bonds is 6. The van der Waals surface area contributed by atoms with Gasteiger partial charge in [0, 0.05) is 35.3 Å². The number of carboxylic acids is 1. The second kappa shape index (κ2) is 6.99. The molecule has 20 heavy (non-hydrogen) atoms. The van der Waals surface area contributed by atoms with Crippen LogP contribution in [0.3, 0.4) is 0 Å². The van der Waals surface area contributed by atoms with Gasteiger partial charge in [-0.05, 0) is 13.0 Å². The van der Waals surface area contributed by atoms with Crippen LogP contribution in [0.2, 0.25) is 0 Å². The van der Waals surface area contributed by atoms with Gasteiger partial charge < -0.3 is 10.0 Å². The zero-order valence-electron chi connectivity index (χ0n) is 10.7. The molecule has 1 N–H and O–H groups in total. The molecule has 1 aromatic carbocycles. The molecule has 0 aliphatic carbocycles. The fourth-order valence-electron chi connectivity index (χ4n) is 1.62. The Morgan fingerprint density at radius 2 is 2.05 bits per heavy atom. The van der Waals surface area contributed by atoms with Crippen LogP contribution in [-0.2, 0) is 4.79 Å². The molecule has 0 unspecified atom stereocenters. The third-order valence-corrected chi connectivity index (χ3v) is 3.06. The van der Waals surface area contributed by atoms with Crippen LogP contribution in [0, 0.1) is 10.1 Å². The van der Waals surface area contributed by atoms with E-state index in [9.17, 15) is 19.7 Å². The van der Waals surface area contributed by atoms with E-state index in [0.717, 1.165) is 0 Å². The molecule has 7 nitrogen and oxygen atoms in total. The third kappa shape index (κ3) is 4.30. The summed E-state index contributed by atoms with van der Waals surface area (Å²) in [4.78, 5) is 34.3. The summed E-state index contributed by atoms with van der Waals surface area (Å²) in [5, 5.41) is 19.4. The second-order valence-corrected chi connectivity index (χ2v) is 4.90. The lowest BCUT2D eigenvalue weighted by atomic mass is 10.1. The summed E-state index contributed by atoms with van der Waals surface area (Å²) in [7, 11) is 0. The molecule has 0 saturated carbocycles. The van der Waals surface area contributed by atoms with E-state index in [2.05, 4.69) is 15.9 Å². The predicted molar refractivity (Wildman–Crippen MR) is 74.6 cm³/mol. The van der Waals surface area contributed by atoms with Crippen LogP contribution in [0.5, 0.6) is 0 Å². The van der Waals surface area contributed by atoms with Gasteiger partial charge in [0.2, 0.25) is 0 Å². The molecule has 0 aliphatic heterocycles. The van der Waals surface area contributed by atoms with Gasteiger partial charge in [0.15, 0.2) is 0 Å². The van der Waals surface area contributed by atoms with E-state index in [4.69, 9.17) is 5.11 Å². The molecule has 0 aliphatic rings. The minimum atomic E-state index is -1.00. The topological polar surface area (TPSA) is 101 Å². The number of hydrogen-bond donors (Lipinski definition) is 1. The Hall–Kier alpha value is -1.96. The van der Waals surface area contributed by atoms with Crippen molar-refractivity contribution in [2.24, 2.45) is 0 Å². The van der Waals surface area contributed by atoms with Gasteiger partial charge in [0.1, 0.15) is 0 Å². The average Bonchev–Trinajstić information content (AvgIpc) is 2.38. The summed E-state index contributed by atoms with van der Waals surface area (Å²) >= 11 is 3.11. The number of non-ortho nitro benzene ring substituents is 1. The lowest BCUT2D eigenvalue weighted by Crippen LogP contribution is -2.32. The predicted octanol–water partition coefficient (Wildman–Crippen LogP) is 2.29. The van der Waals surface area contributed by atoms with Crippen molar-refractivity contribution < 1.29 is 19.6 Å². The Bertz CT molecular complexity index is 547. The summed E-state index contributed by atoms with van der Waals surface area (Å²) in [6.45, 7) is 2.10. The Morgan fingerprint density at radius 1 is 1.40 bits per heavy atom. The van der Waals surface area contributed by atoms with Gasteiger partial charge in [0.05, 0.1) is 11.3 Å². The largest absolute Gasteiger partial charge is 0.481 e. The molecule has 108 valence electrons. The number of aliphatic carboxylic acids is 1. The summed E-state index contributed by atoms with van der Waals surface area (Å²) < 4.78 is 0.421. The van der Waals surface area contributed by atoms with Crippen LogP contribution in [0.4, 0.5) is 5.69 Å². The number of carbonyl (C=O) groups is 2. The van der Waals surface area contributed by atoms with Gasteiger partial charge in [-0.2, -0.15) is 0 Å². The fourth-order valence-corrected chi connectivity index (χ4v) is 2.10. The summed E-state index contributed by atoms with van der Waals surface area (Å²) in [6, 6.07) is 3.94. The molecule has 0 fully saturated rings. The molecule has 0 heterocycles. The molecule has 1 rings (SSSR count). The lowest BCUT2D eigenvalue weighted by molar-refractivity contribution is -0.385. The number of amides is 1. The smallest absolute Gasteiger partial charge is 0.305 e. The van der Waals surface area contributed by atoms with Gasteiger partial charge in [0.25, 0.3) is 11.6 Å². The number of benzene rings is 1. The molecule has 0 saturated heterocycles. The van der Waals surface area contributed by atoms with Gasteiger partial charge in [-0.1, -0.05) is 15.9 Å². The van der Waals surface area contributed by atoms with Crippen molar-refractivity contribution in [1.82, 2.24) is 4.90 Å². The van der Waals surface area contributed by atoms with E-state index in [1.165, 1.54) is 23.1 Å². The number of carboxylic acid groups (broad SMARTS) is 1. The van der Waals surface area contributed by atoms with Crippen LogP contribution in [0.1, 0.15) is 23.7 Å². The number of hydrogen-bond acceptors (Lipinski definition) is 4. The first-order valence-corrected chi connectivity index (χ1v) is 6.60. The molecule has 1 aromatic rings. The van der Waals surface area contributed by atoms with Crippen molar-refractivity contribution in [1.29, 1.82) is 0 Å². The maximum atomic E-state index is 12.2. The Labute approximate surface area is 123 Å². The highest BCUT2D eigenvalue weighted by molar-refractivity contribution is 9.10. The SMILES string of the molecule is CCN(CCC(=O)O)C(=O)c1cc(Br)cc([N+](=O)[O-])c1. The van der Waals surface area contributed by atoms with Crippen LogP contribution >= 0.6 is 15.9 Å². The number of nitro benzene ring substituents is 1.